The Labute approximate surface area is 257 Å². The van der Waals surface area contributed by atoms with Gasteiger partial charge in [-0.1, -0.05) is 81.9 Å². The highest BCUT2D eigenvalue weighted by atomic mass is 35.5. The SMILES string of the molecule is CCCCCC(=O)N1CC(CC(=O)[C@@H]2N[C@H](CC(C)(C)C)[C@]3(C(=O)Nc4cc(Cl)ccc43)[C@H]2c2cccc(Cl)c2F)C1. The van der Waals surface area contributed by atoms with Crippen LogP contribution in [0, 0.1) is 17.2 Å². The summed E-state index contributed by atoms with van der Waals surface area (Å²) in [7, 11) is 0. The van der Waals surface area contributed by atoms with Gasteiger partial charge < -0.3 is 15.5 Å². The summed E-state index contributed by atoms with van der Waals surface area (Å²) in [6.07, 6.45) is 4.29. The zero-order valence-corrected chi connectivity index (χ0v) is 26.2. The lowest BCUT2D eigenvalue weighted by atomic mass is 9.62. The van der Waals surface area contributed by atoms with Crippen molar-refractivity contribution in [2.45, 2.75) is 89.6 Å². The van der Waals surface area contributed by atoms with Crippen LogP contribution in [-0.2, 0) is 19.8 Å². The fourth-order valence-electron chi connectivity index (χ4n) is 7.20. The highest BCUT2D eigenvalue weighted by molar-refractivity contribution is 6.31. The molecule has 3 heterocycles. The molecule has 3 aliphatic rings. The molecule has 9 heteroatoms. The zero-order chi connectivity index (χ0) is 30.4. The van der Waals surface area contributed by atoms with Gasteiger partial charge in [0.05, 0.1) is 11.1 Å². The number of hydrogen-bond acceptors (Lipinski definition) is 4. The average molecular weight is 617 g/mol. The molecule has 0 saturated carbocycles. The van der Waals surface area contributed by atoms with Crippen LogP contribution in [0.3, 0.4) is 0 Å². The molecule has 6 nitrogen and oxygen atoms in total. The Morgan fingerprint density at radius 3 is 2.55 bits per heavy atom. The van der Waals surface area contributed by atoms with Crippen LogP contribution in [0.25, 0.3) is 0 Å². The van der Waals surface area contributed by atoms with Crippen LogP contribution >= 0.6 is 23.2 Å². The first-order chi connectivity index (χ1) is 19.9. The van der Waals surface area contributed by atoms with E-state index in [4.69, 9.17) is 23.2 Å². The van der Waals surface area contributed by atoms with Crippen molar-refractivity contribution in [2.75, 3.05) is 18.4 Å². The number of unbranched alkanes of at least 4 members (excludes halogenated alkanes) is 2. The van der Waals surface area contributed by atoms with E-state index in [1.54, 1.807) is 24.3 Å². The zero-order valence-electron chi connectivity index (χ0n) is 24.7. The number of nitrogens with one attached hydrogen (secondary N) is 2. The van der Waals surface area contributed by atoms with Crippen molar-refractivity contribution >= 4 is 46.5 Å². The largest absolute Gasteiger partial charge is 0.342 e. The van der Waals surface area contributed by atoms with Gasteiger partial charge in [0, 0.05) is 54.5 Å². The lowest BCUT2D eigenvalue weighted by Gasteiger charge is -2.40. The molecule has 0 aliphatic carbocycles. The van der Waals surface area contributed by atoms with E-state index in [-0.39, 0.29) is 45.9 Å². The molecule has 1 spiro atoms. The number of halogens is 3. The minimum atomic E-state index is -1.26. The van der Waals surface area contributed by atoms with Gasteiger partial charge >= 0.3 is 0 Å². The van der Waals surface area contributed by atoms with Crippen molar-refractivity contribution in [3.05, 3.63) is 63.4 Å². The number of amides is 2. The lowest BCUT2D eigenvalue weighted by molar-refractivity contribution is -0.139. The number of benzene rings is 2. The van der Waals surface area contributed by atoms with Gasteiger partial charge in [-0.15, -0.1) is 0 Å². The van der Waals surface area contributed by atoms with Gasteiger partial charge in [-0.3, -0.25) is 14.4 Å². The molecule has 0 radical (unpaired) electrons. The van der Waals surface area contributed by atoms with Crippen LogP contribution in [-0.4, -0.2) is 47.7 Å². The highest BCUT2D eigenvalue weighted by Gasteiger charge is 2.66. The molecule has 3 aliphatic heterocycles. The molecular formula is C33H40Cl2FN3O3. The quantitative estimate of drug-likeness (QED) is 0.301. The molecule has 5 rings (SSSR count). The molecule has 2 N–H and O–H groups in total. The second kappa shape index (κ2) is 11.9. The molecule has 226 valence electrons. The Kier molecular flexibility index (Phi) is 8.77. The summed E-state index contributed by atoms with van der Waals surface area (Å²) in [5, 5.41) is 6.97. The number of carbonyl (C=O) groups is 3. The van der Waals surface area contributed by atoms with E-state index in [0.29, 0.717) is 42.2 Å². The summed E-state index contributed by atoms with van der Waals surface area (Å²) >= 11 is 12.6. The van der Waals surface area contributed by atoms with Crippen molar-refractivity contribution in [3.63, 3.8) is 0 Å². The molecule has 0 aromatic heterocycles. The topological polar surface area (TPSA) is 78.5 Å². The number of rotatable bonds is 9. The first-order valence-corrected chi connectivity index (χ1v) is 15.7. The maximum Gasteiger partial charge on any atom is 0.237 e. The number of Topliss-reactive ketones (excluding diaryl/α,β-unsaturated/α-hetero) is 1. The number of anilines is 1. The van der Waals surface area contributed by atoms with Crippen molar-refractivity contribution in [1.82, 2.24) is 10.2 Å². The molecule has 2 aromatic rings. The van der Waals surface area contributed by atoms with Crippen molar-refractivity contribution in [3.8, 4) is 0 Å². The van der Waals surface area contributed by atoms with Gasteiger partial charge in [0.15, 0.2) is 5.78 Å². The van der Waals surface area contributed by atoms with Gasteiger partial charge in [-0.2, -0.15) is 0 Å². The third-order valence-electron chi connectivity index (χ3n) is 9.08. The number of nitrogens with zero attached hydrogens (tertiary/aromatic N) is 1. The summed E-state index contributed by atoms with van der Waals surface area (Å²) in [6, 6.07) is 8.75. The van der Waals surface area contributed by atoms with E-state index < -0.39 is 29.2 Å². The second-order valence-corrected chi connectivity index (χ2v) is 14.2. The van der Waals surface area contributed by atoms with Gasteiger partial charge in [0.2, 0.25) is 11.8 Å². The Morgan fingerprint density at radius 1 is 1.12 bits per heavy atom. The summed E-state index contributed by atoms with van der Waals surface area (Å²) < 4.78 is 15.9. The fraction of sp³-hybridized carbons (Fsp3) is 0.545. The highest BCUT2D eigenvalue weighted by Crippen LogP contribution is 2.57. The third-order valence-corrected chi connectivity index (χ3v) is 9.61. The number of likely N-dealkylation sites (tertiary alicyclic amines) is 1. The van der Waals surface area contributed by atoms with Gasteiger partial charge in [-0.25, -0.2) is 4.39 Å². The second-order valence-electron chi connectivity index (χ2n) is 13.4. The minimum absolute atomic E-state index is 0.0281. The monoisotopic (exact) mass is 615 g/mol. The van der Waals surface area contributed by atoms with E-state index in [2.05, 4.69) is 38.3 Å². The Balaban J connectivity index is 1.52. The first-order valence-electron chi connectivity index (χ1n) is 15.0. The number of ketones is 1. The molecule has 0 unspecified atom stereocenters. The van der Waals surface area contributed by atoms with Crippen molar-refractivity contribution in [2.24, 2.45) is 11.3 Å². The van der Waals surface area contributed by atoms with E-state index in [1.165, 1.54) is 6.07 Å². The molecular weight excluding hydrogens is 576 g/mol. The minimum Gasteiger partial charge on any atom is -0.342 e. The van der Waals surface area contributed by atoms with E-state index >= 15 is 4.39 Å². The lowest BCUT2D eigenvalue weighted by Crippen LogP contribution is -2.52. The van der Waals surface area contributed by atoms with Crippen LogP contribution in [0.1, 0.15) is 83.3 Å². The molecule has 2 amide bonds. The van der Waals surface area contributed by atoms with Gasteiger partial charge in [0.1, 0.15) is 11.2 Å². The summed E-state index contributed by atoms with van der Waals surface area (Å²) in [5.74, 6) is -1.68. The summed E-state index contributed by atoms with van der Waals surface area (Å²) in [5.41, 5.74) is 0.0435. The third kappa shape index (κ3) is 5.60. The predicted octanol–water partition coefficient (Wildman–Crippen LogP) is 6.88. The summed E-state index contributed by atoms with van der Waals surface area (Å²) in [4.78, 5) is 42.7. The summed E-state index contributed by atoms with van der Waals surface area (Å²) in [6.45, 7) is 9.44. The molecule has 0 bridgehead atoms. The van der Waals surface area contributed by atoms with Crippen molar-refractivity contribution < 1.29 is 18.8 Å². The van der Waals surface area contributed by atoms with E-state index in [0.717, 1.165) is 19.3 Å². The maximum atomic E-state index is 15.9. The van der Waals surface area contributed by atoms with E-state index in [1.807, 2.05) is 11.0 Å². The Morgan fingerprint density at radius 2 is 1.86 bits per heavy atom. The number of hydrogen-bond donors (Lipinski definition) is 2. The smallest absolute Gasteiger partial charge is 0.237 e. The van der Waals surface area contributed by atoms with Crippen LogP contribution in [0.15, 0.2) is 36.4 Å². The molecule has 2 aromatic carbocycles. The van der Waals surface area contributed by atoms with Crippen LogP contribution < -0.4 is 10.6 Å². The van der Waals surface area contributed by atoms with Gasteiger partial charge in [-0.05, 0) is 47.6 Å². The van der Waals surface area contributed by atoms with Gasteiger partial charge in [0.25, 0.3) is 0 Å². The predicted molar refractivity (Wildman–Crippen MR) is 165 cm³/mol. The fourth-order valence-corrected chi connectivity index (χ4v) is 7.56. The standard InChI is InChI=1S/C33H40Cl2FN3O3/c1-5-6-7-11-27(41)39-17-19(18-39)14-25(40)30-28(21-9-8-10-23(35)29(21)36)33(26(38-30)16-32(2,3)4)22-13-12-20(34)15-24(22)37-31(33)42/h8-10,12-13,15,19,26,28,30,38H,5-7,11,14,16-18H2,1-4H3,(H,37,42)/t26-,28+,30+,33+/m1/s1. The normalized spacial score (nSPS) is 25.5. The molecule has 4 atom stereocenters. The van der Waals surface area contributed by atoms with Crippen LogP contribution in [0.5, 0.6) is 0 Å². The van der Waals surface area contributed by atoms with Crippen LogP contribution in [0.2, 0.25) is 10.0 Å². The molecule has 2 fully saturated rings. The average Bonchev–Trinajstić information content (AvgIpc) is 3.36. The first kappa shape index (κ1) is 31.0. The maximum absolute atomic E-state index is 15.9. The number of fused-ring (bicyclic) bond motifs is 2. The Hall–Kier alpha value is -2.48. The van der Waals surface area contributed by atoms with Crippen LogP contribution in [0.4, 0.5) is 10.1 Å². The number of carbonyl (C=O) groups excluding carboxylic acids is 3. The molecule has 2 saturated heterocycles. The van der Waals surface area contributed by atoms with Crippen molar-refractivity contribution in [1.29, 1.82) is 0 Å². The molecule has 42 heavy (non-hydrogen) atoms. The van der Waals surface area contributed by atoms with E-state index in [9.17, 15) is 14.4 Å². The Bertz CT molecular complexity index is 1390.